The summed E-state index contributed by atoms with van der Waals surface area (Å²) in [6.07, 6.45) is -0.0339. The van der Waals surface area contributed by atoms with Crippen LogP contribution in [0, 0.1) is 16.7 Å². The van der Waals surface area contributed by atoms with Gasteiger partial charge in [-0.05, 0) is 18.1 Å². The van der Waals surface area contributed by atoms with Crippen LogP contribution >= 0.6 is 0 Å². The van der Waals surface area contributed by atoms with Crippen LogP contribution in [-0.2, 0) is 9.22 Å². The molecular weight excluding hydrogens is 230 g/mol. The third-order valence-electron chi connectivity index (χ3n) is 3.59. The second-order valence-electron chi connectivity index (χ2n) is 6.69. The maximum Gasteiger partial charge on any atom is 0.192 e. The van der Waals surface area contributed by atoms with Gasteiger partial charge in [0, 0.05) is 12.0 Å². The van der Waals surface area contributed by atoms with Crippen molar-refractivity contribution in [2.24, 2.45) is 5.41 Å². The molecule has 17 heavy (non-hydrogen) atoms. The number of rotatable bonds is 5. The summed E-state index contributed by atoms with van der Waals surface area (Å²) in [5.74, 6) is -0.0429. The number of carbonyl (C=O) groups is 1. The van der Waals surface area contributed by atoms with Crippen molar-refractivity contribution in [3.05, 3.63) is 0 Å². The molecule has 0 rings (SSSR count). The molecule has 3 nitrogen and oxygen atoms in total. The average molecular weight is 255 g/mol. The number of carbonyl (C=O) groups excluding carboxylic acids is 1. The summed E-state index contributed by atoms with van der Waals surface area (Å²) < 4.78 is 6.03. The van der Waals surface area contributed by atoms with Gasteiger partial charge in [-0.25, -0.2) is 0 Å². The second-order valence-corrected chi connectivity index (χ2v) is 11.5. The van der Waals surface area contributed by atoms with Crippen LogP contribution in [0.25, 0.3) is 0 Å². The van der Waals surface area contributed by atoms with Crippen LogP contribution < -0.4 is 0 Å². The monoisotopic (exact) mass is 255 g/mol. The molecule has 0 saturated carbocycles. The molecule has 0 saturated heterocycles. The van der Waals surface area contributed by atoms with Gasteiger partial charge in [0.2, 0.25) is 0 Å². The second kappa shape index (κ2) is 5.32. The quantitative estimate of drug-likeness (QED) is 0.706. The molecule has 0 amide bonds. The van der Waals surface area contributed by atoms with E-state index in [1.54, 1.807) is 0 Å². The van der Waals surface area contributed by atoms with E-state index in [1.165, 1.54) is 0 Å². The molecule has 0 aromatic heterocycles. The summed E-state index contributed by atoms with van der Waals surface area (Å²) in [7, 11) is -1.82. The molecule has 0 heterocycles. The Balaban J connectivity index is 4.58. The zero-order valence-electron chi connectivity index (χ0n) is 12.2. The van der Waals surface area contributed by atoms with E-state index in [4.69, 9.17) is 9.69 Å². The van der Waals surface area contributed by atoms with Crippen molar-refractivity contribution in [3.63, 3.8) is 0 Å². The molecule has 0 bridgehead atoms. The van der Waals surface area contributed by atoms with Crippen molar-refractivity contribution >= 4 is 14.1 Å². The van der Waals surface area contributed by atoms with Gasteiger partial charge in [0.05, 0.1) is 12.5 Å². The van der Waals surface area contributed by atoms with Gasteiger partial charge in [-0.3, -0.25) is 4.79 Å². The molecule has 4 heteroatoms. The lowest BCUT2D eigenvalue weighted by Crippen LogP contribution is -2.44. The summed E-state index contributed by atoms with van der Waals surface area (Å²) in [6, 6.07) is 1.91. The van der Waals surface area contributed by atoms with Crippen LogP contribution in [0.2, 0.25) is 18.1 Å². The highest BCUT2D eigenvalue weighted by atomic mass is 28.4. The van der Waals surface area contributed by atoms with E-state index in [0.717, 1.165) is 0 Å². The Morgan fingerprint density at radius 1 is 1.24 bits per heavy atom. The van der Waals surface area contributed by atoms with Gasteiger partial charge in [0.1, 0.15) is 0 Å². The zero-order chi connectivity index (χ0) is 13.9. The average Bonchev–Trinajstić information content (AvgIpc) is 2.14. The van der Waals surface area contributed by atoms with Crippen LogP contribution in [-0.4, -0.2) is 20.7 Å². The smallest absolute Gasteiger partial charge is 0.192 e. The first-order chi connectivity index (χ1) is 7.44. The molecule has 0 aromatic rings. The fourth-order valence-corrected chi connectivity index (χ4v) is 2.12. The van der Waals surface area contributed by atoms with E-state index in [0.29, 0.717) is 6.61 Å². The Bertz CT molecular complexity index is 321. The fraction of sp³-hybridized carbons (Fsp3) is 0.846. The van der Waals surface area contributed by atoms with Crippen LogP contribution in [0.1, 0.15) is 41.0 Å². The van der Waals surface area contributed by atoms with Crippen LogP contribution in [0.3, 0.4) is 0 Å². The standard InChI is InChI=1S/C13H25NO2Si/c1-12(2,3)17(6,7)16-10-13(4,5)11(15)8-9-14/h8,10H2,1-7H3. The van der Waals surface area contributed by atoms with E-state index < -0.39 is 13.7 Å². The summed E-state index contributed by atoms with van der Waals surface area (Å²) in [6.45, 7) is 14.9. The topological polar surface area (TPSA) is 50.1 Å². The van der Waals surface area contributed by atoms with Crippen LogP contribution in [0.5, 0.6) is 0 Å². The minimum Gasteiger partial charge on any atom is -0.416 e. The van der Waals surface area contributed by atoms with Crippen molar-refractivity contribution in [3.8, 4) is 6.07 Å². The number of nitrogens with zero attached hydrogens (tertiary/aromatic N) is 1. The Morgan fingerprint density at radius 3 is 2.06 bits per heavy atom. The number of hydrogen-bond donors (Lipinski definition) is 0. The van der Waals surface area contributed by atoms with Gasteiger partial charge >= 0.3 is 0 Å². The molecule has 0 aromatic carbocycles. The predicted octanol–water partition coefficient (Wildman–Crippen LogP) is 3.52. The maximum atomic E-state index is 11.7. The molecule has 0 aliphatic heterocycles. The first-order valence-corrected chi connectivity index (χ1v) is 8.89. The number of hydrogen-bond acceptors (Lipinski definition) is 3. The van der Waals surface area contributed by atoms with Crippen molar-refractivity contribution < 1.29 is 9.22 Å². The third kappa shape index (κ3) is 4.61. The van der Waals surface area contributed by atoms with E-state index in [2.05, 4.69) is 33.9 Å². The first-order valence-electron chi connectivity index (χ1n) is 5.98. The molecule has 0 N–H and O–H groups in total. The SMILES string of the molecule is CC(C)(CO[Si](C)(C)C(C)(C)C)C(=O)CC#N. The Hall–Kier alpha value is -0.663. The molecule has 0 radical (unpaired) electrons. The Kier molecular flexibility index (Phi) is 5.11. The molecule has 0 unspecified atom stereocenters. The zero-order valence-corrected chi connectivity index (χ0v) is 13.2. The minimum absolute atomic E-state index is 0.0339. The Morgan fingerprint density at radius 2 is 1.71 bits per heavy atom. The van der Waals surface area contributed by atoms with Crippen molar-refractivity contribution in [2.45, 2.75) is 59.2 Å². The molecule has 98 valence electrons. The van der Waals surface area contributed by atoms with Crippen molar-refractivity contribution in [1.29, 1.82) is 5.26 Å². The number of nitriles is 1. The van der Waals surface area contributed by atoms with E-state index in [9.17, 15) is 4.79 Å². The van der Waals surface area contributed by atoms with Gasteiger partial charge in [0.15, 0.2) is 14.1 Å². The molecule has 0 fully saturated rings. The van der Waals surface area contributed by atoms with Gasteiger partial charge in [-0.2, -0.15) is 5.26 Å². The lowest BCUT2D eigenvalue weighted by atomic mass is 9.88. The molecule has 0 atom stereocenters. The maximum absolute atomic E-state index is 11.7. The Labute approximate surface area is 106 Å². The van der Waals surface area contributed by atoms with E-state index in [-0.39, 0.29) is 17.2 Å². The molecule has 0 spiro atoms. The lowest BCUT2D eigenvalue weighted by molar-refractivity contribution is -0.127. The molecule has 0 aliphatic rings. The van der Waals surface area contributed by atoms with E-state index >= 15 is 0 Å². The van der Waals surface area contributed by atoms with Crippen molar-refractivity contribution in [2.75, 3.05) is 6.61 Å². The molecular formula is C13H25NO2Si. The third-order valence-corrected chi connectivity index (χ3v) is 8.07. The minimum atomic E-state index is -1.82. The predicted molar refractivity (Wildman–Crippen MR) is 72.2 cm³/mol. The van der Waals surface area contributed by atoms with Crippen LogP contribution in [0.4, 0.5) is 0 Å². The van der Waals surface area contributed by atoms with Gasteiger partial charge in [-0.1, -0.05) is 34.6 Å². The van der Waals surface area contributed by atoms with Gasteiger partial charge in [-0.15, -0.1) is 0 Å². The van der Waals surface area contributed by atoms with Gasteiger partial charge < -0.3 is 4.43 Å². The summed E-state index contributed by atoms with van der Waals surface area (Å²) in [5, 5.41) is 8.69. The fourth-order valence-electron chi connectivity index (χ4n) is 0.969. The van der Waals surface area contributed by atoms with Crippen molar-refractivity contribution in [1.82, 2.24) is 0 Å². The van der Waals surface area contributed by atoms with Crippen LogP contribution in [0.15, 0.2) is 0 Å². The lowest BCUT2D eigenvalue weighted by Gasteiger charge is -2.38. The van der Waals surface area contributed by atoms with Gasteiger partial charge in [0.25, 0.3) is 0 Å². The largest absolute Gasteiger partial charge is 0.416 e. The highest BCUT2D eigenvalue weighted by Gasteiger charge is 2.39. The first kappa shape index (κ1) is 16.3. The molecule has 0 aliphatic carbocycles. The number of ketones is 1. The summed E-state index contributed by atoms with van der Waals surface area (Å²) >= 11 is 0. The van der Waals surface area contributed by atoms with E-state index in [1.807, 2.05) is 19.9 Å². The highest BCUT2D eigenvalue weighted by molar-refractivity contribution is 6.74. The summed E-state index contributed by atoms with van der Waals surface area (Å²) in [4.78, 5) is 11.7. The number of Topliss-reactive ketones (excluding diaryl/α,β-unsaturated/α-hetero) is 1. The normalized spacial score (nSPS) is 13.3. The summed E-state index contributed by atoms with van der Waals surface area (Å²) in [5.41, 5.74) is -0.564. The highest BCUT2D eigenvalue weighted by Crippen LogP contribution is 2.37.